The van der Waals surface area contributed by atoms with E-state index in [9.17, 15) is 15.0 Å². The lowest BCUT2D eigenvalue weighted by atomic mass is 9.99. The van der Waals surface area contributed by atoms with E-state index in [4.69, 9.17) is 0 Å². The third-order valence-electron chi connectivity index (χ3n) is 4.39. The van der Waals surface area contributed by atoms with Crippen LogP contribution in [0.4, 0.5) is 5.82 Å². The number of anilines is 1. The first-order valence-corrected chi connectivity index (χ1v) is 8.25. The first-order valence-electron chi connectivity index (χ1n) is 8.25. The van der Waals surface area contributed by atoms with Gasteiger partial charge in [0.15, 0.2) is 5.82 Å². The molecule has 0 saturated carbocycles. The van der Waals surface area contributed by atoms with E-state index >= 15 is 0 Å². The van der Waals surface area contributed by atoms with Gasteiger partial charge in [-0.05, 0) is 50.3 Å². The van der Waals surface area contributed by atoms with Gasteiger partial charge in [-0.2, -0.15) is 0 Å². The molecule has 1 aromatic carbocycles. The normalized spacial score (nSPS) is 17.9. The van der Waals surface area contributed by atoms with Crippen LogP contribution >= 0.6 is 0 Å². The number of carbonyl (C=O) groups is 1. The van der Waals surface area contributed by atoms with Crippen LogP contribution in [0.25, 0.3) is 5.69 Å². The van der Waals surface area contributed by atoms with E-state index in [1.807, 2.05) is 36.1 Å². The molecule has 128 valence electrons. The van der Waals surface area contributed by atoms with E-state index in [1.165, 1.54) is 4.80 Å². The zero-order valence-corrected chi connectivity index (χ0v) is 13.7. The Bertz CT molecular complexity index is 726. The molecule has 3 rings (SSSR count). The smallest absolute Gasteiger partial charge is 0.360 e. The van der Waals surface area contributed by atoms with Gasteiger partial charge in [0, 0.05) is 19.2 Å². The minimum atomic E-state index is -1.09. The van der Waals surface area contributed by atoms with Crippen LogP contribution in [0.3, 0.4) is 0 Å². The average Bonchev–Trinajstić information content (AvgIpc) is 3.01. The number of carboxylic acid groups (broad SMARTS) is 1. The number of rotatable bonds is 5. The van der Waals surface area contributed by atoms with Crippen molar-refractivity contribution in [3.63, 3.8) is 0 Å². The largest absolute Gasteiger partial charge is 0.476 e. The monoisotopic (exact) mass is 330 g/mol. The number of aliphatic hydroxyl groups excluding tert-OH is 1. The maximum Gasteiger partial charge on any atom is 0.360 e. The number of piperidine rings is 1. The van der Waals surface area contributed by atoms with Crippen molar-refractivity contribution in [3.05, 3.63) is 35.5 Å². The summed E-state index contributed by atoms with van der Waals surface area (Å²) in [6.07, 6.45) is 3.60. The van der Waals surface area contributed by atoms with Crippen molar-refractivity contribution in [1.82, 2.24) is 15.0 Å². The van der Waals surface area contributed by atoms with Crippen molar-refractivity contribution in [3.8, 4) is 5.69 Å². The first kappa shape index (κ1) is 16.4. The molecule has 2 heterocycles. The lowest BCUT2D eigenvalue weighted by Crippen LogP contribution is -2.41. The number of aryl methyl sites for hydroxylation is 1. The van der Waals surface area contributed by atoms with Gasteiger partial charge in [-0.3, -0.25) is 0 Å². The van der Waals surface area contributed by atoms with Crippen LogP contribution in [0, 0.1) is 6.92 Å². The second-order valence-electron chi connectivity index (χ2n) is 6.16. The maximum absolute atomic E-state index is 11.6. The fourth-order valence-electron chi connectivity index (χ4n) is 3.23. The summed E-state index contributed by atoms with van der Waals surface area (Å²) in [6.45, 7) is 2.78. The number of benzene rings is 1. The Morgan fingerprint density at radius 1 is 1.33 bits per heavy atom. The van der Waals surface area contributed by atoms with E-state index in [2.05, 4.69) is 10.2 Å². The Morgan fingerprint density at radius 2 is 2.17 bits per heavy atom. The molecule has 7 nitrogen and oxygen atoms in total. The second kappa shape index (κ2) is 7.00. The van der Waals surface area contributed by atoms with E-state index in [-0.39, 0.29) is 18.3 Å². The van der Waals surface area contributed by atoms with E-state index in [1.54, 1.807) is 0 Å². The molecular formula is C17H22N4O3. The highest BCUT2D eigenvalue weighted by atomic mass is 16.4. The molecule has 1 unspecified atom stereocenters. The maximum atomic E-state index is 11.6. The van der Waals surface area contributed by atoms with Crippen molar-refractivity contribution in [1.29, 1.82) is 0 Å². The minimum Gasteiger partial charge on any atom is -0.476 e. The van der Waals surface area contributed by atoms with E-state index < -0.39 is 5.97 Å². The van der Waals surface area contributed by atoms with Gasteiger partial charge in [0.25, 0.3) is 0 Å². The van der Waals surface area contributed by atoms with Crippen LogP contribution in [-0.4, -0.2) is 50.4 Å². The number of aromatic carboxylic acids is 1. The van der Waals surface area contributed by atoms with Crippen LogP contribution < -0.4 is 4.90 Å². The summed E-state index contributed by atoms with van der Waals surface area (Å²) in [7, 11) is 0. The number of aliphatic hydroxyl groups is 1. The molecule has 1 atom stereocenters. The Morgan fingerprint density at radius 3 is 2.88 bits per heavy atom. The standard InChI is InChI=1S/C17H22N4O3/c1-12-5-4-7-14(11-12)21-18-15(17(23)24)16(19-21)20-9-3-2-6-13(20)8-10-22/h4-5,7,11,13,22H,2-3,6,8-10H2,1H3,(H,23,24). The fraction of sp³-hybridized carbons (Fsp3) is 0.471. The molecule has 1 aliphatic heterocycles. The topological polar surface area (TPSA) is 91.5 Å². The summed E-state index contributed by atoms with van der Waals surface area (Å²) in [4.78, 5) is 15.0. The Kier molecular flexibility index (Phi) is 4.80. The molecule has 0 bridgehead atoms. The lowest BCUT2D eigenvalue weighted by molar-refractivity contribution is 0.0690. The summed E-state index contributed by atoms with van der Waals surface area (Å²) in [6, 6.07) is 7.72. The number of carboxylic acids is 1. The van der Waals surface area contributed by atoms with Gasteiger partial charge in [0.05, 0.1) is 5.69 Å². The minimum absolute atomic E-state index is 0.0404. The average molecular weight is 330 g/mol. The highest BCUT2D eigenvalue weighted by Gasteiger charge is 2.30. The van der Waals surface area contributed by atoms with Crippen LogP contribution in [-0.2, 0) is 0 Å². The number of hydrogen-bond acceptors (Lipinski definition) is 5. The van der Waals surface area contributed by atoms with Gasteiger partial charge in [-0.1, -0.05) is 12.1 Å². The highest BCUT2D eigenvalue weighted by molar-refractivity contribution is 5.91. The SMILES string of the molecule is Cc1cccc(-n2nc(C(=O)O)c(N3CCCCC3CCO)n2)c1. The van der Waals surface area contributed by atoms with Crippen LogP contribution in [0.15, 0.2) is 24.3 Å². The molecule has 1 aromatic heterocycles. The molecule has 7 heteroatoms. The van der Waals surface area contributed by atoms with Gasteiger partial charge < -0.3 is 15.1 Å². The van der Waals surface area contributed by atoms with Gasteiger partial charge in [-0.25, -0.2) is 4.79 Å². The molecular weight excluding hydrogens is 308 g/mol. The summed E-state index contributed by atoms with van der Waals surface area (Å²) in [5, 5.41) is 27.5. The molecule has 1 aliphatic rings. The highest BCUT2D eigenvalue weighted by Crippen LogP contribution is 2.28. The van der Waals surface area contributed by atoms with E-state index in [0.29, 0.717) is 12.2 Å². The lowest BCUT2D eigenvalue weighted by Gasteiger charge is -2.35. The number of hydrogen-bond donors (Lipinski definition) is 2. The molecule has 0 radical (unpaired) electrons. The summed E-state index contributed by atoms with van der Waals surface area (Å²) < 4.78 is 0. The van der Waals surface area contributed by atoms with Crippen LogP contribution in [0.5, 0.6) is 0 Å². The molecule has 2 aromatic rings. The zero-order chi connectivity index (χ0) is 17.1. The van der Waals surface area contributed by atoms with Gasteiger partial charge >= 0.3 is 5.97 Å². The van der Waals surface area contributed by atoms with Gasteiger partial charge in [-0.15, -0.1) is 15.0 Å². The quantitative estimate of drug-likeness (QED) is 0.871. The number of aromatic nitrogens is 3. The Balaban J connectivity index is 2.01. The Hall–Kier alpha value is -2.41. The third kappa shape index (κ3) is 3.26. The third-order valence-corrected chi connectivity index (χ3v) is 4.39. The van der Waals surface area contributed by atoms with Gasteiger partial charge in [0.1, 0.15) is 0 Å². The zero-order valence-electron chi connectivity index (χ0n) is 13.7. The van der Waals surface area contributed by atoms with Crippen molar-refractivity contribution in [2.75, 3.05) is 18.1 Å². The van der Waals surface area contributed by atoms with Crippen molar-refractivity contribution < 1.29 is 15.0 Å². The van der Waals surface area contributed by atoms with Crippen molar-refractivity contribution >= 4 is 11.8 Å². The molecule has 0 amide bonds. The van der Waals surface area contributed by atoms with E-state index in [0.717, 1.165) is 37.1 Å². The predicted octanol–water partition coefficient (Wildman–Crippen LogP) is 2.02. The molecule has 1 fully saturated rings. The molecule has 24 heavy (non-hydrogen) atoms. The fourth-order valence-corrected chi connectivity index (χ4v) is 3.23. The van der Waals surface area contributed by atoms with Crippen molar-refractivity contribution in [2.45, 2.75) is 38.6 Å². The van der Waals surface area contributed by atoms with Gasteiger partial charge in [0.2, 0.25) is 5.69 Å². The second-order valence-corrected chi connectivity index (χ2v) is 6.16. The first-order chi connectivity index (χ1) is 11.6. The molecule has 0 spiro atoms. The summed E-state index contributed by atoms with van der Waals surface area (Å²) >= 11 is 0. The van der Waals surface area contributed by atoms with Crippen LogP contribution in [0.2, 0.25) is 0 Å². The summed E-state index contributed by atoms with van der Waals surface area (Å²) in [5.41, 5.74) is 1.75. The van der Waals surface area contributed by atoms with Crippen molar-refractivity contribution in [2.24, 2.45) is 0 Å². The molecule has 0 aliphatic carbocycles. The van der Waals surface area contributed by atoms with Crippen LogP contribution in [0.1, 0.15) is 41.7 Å². The predicted molar refractivity (Wildman–Crippen MR) is 89.7 cm³/mol. The number of nitrogens with zero attached hydrogens (tertiary/aromatic N) is 4. The summed E-state index contributed by atoms with van der Waals surface area (Å²) in [5.74, 6) is -0.695. The molecule has 1 saturated heterocycles. The Labute approximate surface area is 140 Å². The molecule has 2 N–H and O–H groups in total.